The van der Waals surface area contributed by atoms with Gasteiger partial charge in [-0.3, -0.25) is 5.10 Å². The molecule has 0 atom stereocenters. The van der Waals surface area contributed by atoms with E-state index in [0.717, 1.165) is 0 Å². The van der Waals surface area contributed by atoms with Gasteiger partial charge in [-0.2, -0.15) is 5.10 Å². The molecular weight excluding hydrogens is 174 g/mol. The second-order valence-electron chi connectivity index (χ2n) is 2.35. The van der Waals surface area contributed by atoms with Gasteiger partial charge in [0.2, 0.25) is 0 Å². The third-order valence-electron chi connectivity index (χ3n) is 1.50. The third-order valence-corrected chi connectivity index (χ3v) is 1.50. The fourth-order valence-electron chi connectivity index (χ4n) is 0.896. The van der Waals surface area contributed by atoms with Gasteiger partial charge in [-0.1, -0.05) is 5.16 Å². The Balaban J connectivity index is 2.39. The minimum atomic E-state index is -1.12. The molecule has 0 aromatic carbocycles. The number of carboxylic acid groups (broad SMARTS) is 1. The minimum absolute atomic E-state index is 0.121. The highest BCUT2D eigenvalue weighted by molar-refractivity contribution is 5.86. The molecule has 13 heavy (non-hydrogen) atoms. The summed E-state index contributed by atoms with van der Waals surface area (Å²) in [5, 5.41) is 18.2. The van der Waals surface area contributed by atoms with Crippen molar-refractivity contribution in [2.75, 3.05) is 0 Å². The molecule has 2 aromatic heterocycles. The monoisotopic (exact) mass is 179 g/mol. The molecule has 0 aliphatic heterocycles. The minimum Gasteiger partial charge on any atom is -0.476 e. The molecule has 0 spiro atoms. The van der Waals surface area contributed by atoms with Crippen molar-refractivity contribution >= 4 is 5.97 Å². The van der Waals surface area contributed by atoms with Crippen molar-refractivity contribution < 1.29 is 14.4 Å². The Kier molecular flexibility index (Phi) is 1.59. The van der Waals surface area contributed by atoms with E-state index in [4.69, 9.17) is 9.63 Å². The first-order valence-electron chi connectivity index (χ1n) is 3.47. The Morgan fingerprint density at radius 2 is 2.46 bits per heavy atom. The first kappa shape index (κ1) is 7.53. The maximum atomic E-state index is 10.4. The summed E-state index contributed by atoms with van der Waals surface area (Å²) >= 11 is 0. The standard InChI is InChI=1S/C7H5N3O3/c11-7(12)5-3-6(13-10-5)4-1-2-8-9-4/h1-3H,(H,8,9)(H,11,12). The SMILES string of the molecule is O=C(O)c1cc(-c2ccn[nH]2)on1. The zero-order chi connectivity index (χ0) is 9.26. The summed E-state index contributed by atoms with van der Waals surface area (Å²) in [5.41, 5.74) is 0.476. The number of hydrogen-bond acceptors (Lipinski definition) is 4. The van der Waals surface area contributed by atoms with Crippen LogP contribution in [0.4, 0.5) is 0 Å². The van der Waals surface area contributed by atoms with Gasteiger partial charge in [0, 0.05) is 12.3 Å². The molecule has 0 unspecified atom stereocenters. The largest absolute Gasteiger partial charge is 0.476 e. The second kappa shape index (κ2) is 2.74. The lowest BCUT2D eigenvalue weighted by Gasteiger charge is -1.83. The lowest BCUT2D eigenvalue weighted by atomic mass is 10.3. The molecular formula is C7H5N3O3. The van der Waals surface area contributed by atoms with Gasteiger partial charge in [-0.25, -0.2) is 4.79 Å². The van der Waals surface area contributed by atoms with E-state index < -0.39 is 5.97 Å². The molecule has 6 heteroatoms. The van der Waals surface area contributed by atoms with Gasteiger partial charge >= 0.3 is 5.97 Å². The molecule has 0 bridgehead atoms. The van der Waals surface area contributed by atoms with Crippen LogP contribution in [0.1, 0.15) is 10.5 Å². The van der Waals surface area contributed by atoms with Crippen LogP contribution < -0.4 is 0 Å². The highest BCUT2D eigenvalue weighted by Gasteiger charge is 2.12. The molecule has 2 aromatic rings. The lowest BCUT2D eigenvalue weighted by Crippen LogP contribution is -1.94. The van der Waals surface area contributed by atoms with Crippen LogP contribution in [0.3, 0.4) is 0 Å². The molecule has 0 fully saturated rings. The zero-order valence-electron chi connectivity index (χ0n) is 6.39. The predicted molar refractivity (Wildman–Crippen MR) is 41.0 cm³/mol. The number of aromatic carboxylic acids is 1. The maximum absolute atomic E-state index is 10.4. The van der Waals surface area contributed by atoms with Gasteiger partial charge in [0.05, 0.1) is 0 Å². The van der Waals surface area contributed by atoms with E-state index in [0.29, 0.717) is 11.5 Å². The number of nitrogens with zero attached hydrogens (tertiary/aromatic N) is 2. The Labute approximate surface area is 72.2 Å². The molecule has 0 aliphatic carbocycles. The molecule has 0 saturated carbocycles. The summed E-state index contributed by atoms with van der Waals surface area (Å²) in [7, 11) is 0. The van der Waals surface area contributed by atoms with Crippen molar-refractivity contribution in [3.8, 4) is 11.5 Å². The second-order valence-corrected chi connectivity index (χ2v) is 2.35. The van der Waals surface area contributed by atoms with Crippen LogP contribution in [0.15, 0.2) is 22.9 Å². The van der Waals surface area contributed by atoms with Gasteiger partial charge in [0.1, 0.15) is 5.69 Å². The normalized spacial score (nSPS) is 10.2. The Bertz CT molecular complexity index is 418. The molecule has 2 N–H and O–H groups in total. The summed E-state index contributed by atoms with van der Waals surface area (Å²) in [4.78, 5) is 10.4. The van der Waals surface area contributed by atoms with E-state index in [2.05, 4.69) is 15.4 Å². The molecule has 0 amide bonds. The number of carboxylic acids is 1. The fraction of sp³-hybridized carbons (Fsp3) is 0. The molecule has 6 nitrogen and oxygen atoms in total. The smallest absolute Gasteiger partial charge is 0.358 e. The average Bonchev–Trinajstić information content (AvgIpc) is 2.75. The summed E-state index contributed by atoms with van der Waals surface area (Å²) in [6.45, 7) is 0. The quantitative estimate of drug-likeness (QED) is 0.710. The van der Waals surface area contributed by atoms with Crippen molar-refractivity contribution in [3.05, 3.63) is 24.0 Å². The third kappa shape index (κ3) is 1.28. The van der Waals surface area contributed by atoms with Gasteiger partial charge in [-0.05, 0) is 6.07 Å². The van der Waals surface area contributed by atoms with Crippen LogP contribution in [0.5, 0.6) is 0 Å². The van der Waals surface area contributed by atoms with Crippen LogP contribution in [-0.2, 0) is 0 Å². The van der Waals surface area contributed by atoms with Crippen LogP contribution in [-0.4, -0.2) is 26.4 Å². The summed E-state index contributed by atoms with van der Waals surface area (Å²) in [6.07, 6.45) is 1.54. The van der Waals surface area contributed by atoms with E-state index >= 15 is 0 Å². The van der Waals surface area contributed by atoms with Crippen molar-refractivity contribution in [1.82, 2.24) is 15.4 Å². The fourth-order valence-corrected chi connectivity index (χ4v) is 0.896. The van der Waals surface area contributed by atoms with E-state index in [-0.39, 0.29) is 5.69 Å². The predicted octanol–water partition coefficient (Wildman–Crippen LogP) is 0.763. The van der Waals surface area contributed by atoms with Gasteiger partial charge in [-0.15, -0.1) is 0 Å². The summed E-state index contributed by atoms with van der Waals surface area (Å²) < 4.78 is 4.77. The lowest BCUT2D eigenvalue weighted by molar-refractivity contribution is 0.0686. The van der Waals surface area contributed by atoms with Crippen LogP contribution in [0.2, 0.25) is 0 Å². The first-order chi connectivity index (χ1) is 6.27. The molecule has 2 heterocycles. The summed E-state index contributed by atoms with van der Waals surface area (Å²) in [6, 6.07) is 2.99. The Morgan fingerprint density at radius 1 is 1.62 bits per heavy atom. The number of hydrogen-bond donors (Lipinski definition) is 2. The van der Waals surface area contributed by atoms with E-state index in [9.17, 15) is 4.79 Å². The molecule has 0 saturated heterocycles. The van der Waals surface area contributed by atoms with Crippen LogP contribution in [0.25, 0.3) is 11.5 Å². The van der Waals surface area contributed by atoms with Crippen molar-refractivity contribution in [3.63, 3.8) is 0 Å². The topological polar surface area (TPSA) is 92.0 Å². The number of H-pyrrole nitrogens is 1. The molecule has 2 rings (SSSR count). The molecule has 0 aliphatic rings. The van der Waals surface area contributed by atoms with Crippen molar-refractivity contribution in [2.24, 2.45) is 0 Å². The van der Waals surface area contributed by atoms with Crippen LogP contribution in [0, 0.1) is 0 Å². The number of aromatic nitrogens is 3. The van der Waals surface area contributed by atoms with Gasteiger partial charge in [0.15, 0.2) is 11.5 Å². The zero-order valence-corrected chi connectivity index (χ0v) is 6.39. The average molecular weight is 179 g/mol. The molecule has 66 valence electrons. The Hall–Kier alpha value is -2.11. The van der Waals surface area contributed by atoms with Crippen molar-refractivity contribution in [1.29, 1.82) is 0 Å². The first-order valence-corrected chi connectivity index (χ1v) is 3.47. The van der Waals surface area contributed by atoms with E-state index in [1.54, 1.807) is 6.07 Å². The van der Waals surface area contributed by atoms with Gasteiger partial charge in [0.25, 0.3) is 0 Å². The summed E-state index contributed by atoms with van der Waals surface area (Å²) in [5.74, 6) is -0.760. The highest BCUT2D eigenvalue weighted by Crippen LogP contribution is 2.16. The van der Waals surface area contributed by atoms with E-state index in [1.807, 2.05) is 0 Å². The van der Waals surface area contributed by atoms with E-state index in [1.165, 1.54) is 12.3 Å². The maximum Gasteiger partial charge on any atom is 0.358 e. The number of rotatable bonds is 2. The number of carbonyl (C=O) groups is 1. The molecule has 0 radical (unpaired) electrons. The number of nitrogens with one attached hydrogen (secondary N) is 1. The number of aromatic amines is 1. The van der Waals surface area contributed by atoms with Gasteiger partial charge < -0.3 is 9.63 Å². The Morgan fingerprint density at radius 3 is 3.00 bits per heavy atom. The van der Waals surface area contributed by atoms with Crippen molar-refractivity contribution in [2.45, 2.75) is 0 Å². The highest BCUT2D eigenvalue weighted by atomic mass is 16.5. The van der Waals surface area contributed by atoms with Crippen LogP contribution >= 0.6 is 0 Å².